The Hall–Kier alpha value is -2.24. The minimum Gasteiger partial charge on any atom is -0.489 e. The fraction of sp³-hybridized carbons (Fsp3) is 0.125. The van der Waals surface area contributed by atoms with Gasteiger partial charge in [-0.3, -0.25) is 0 Å². The Kier molecular flexibility index (Phi) is 4.01. The van der Waals surface area contributed by atoms with Gasteiger partial charge in [0.15, 0.2) is 0 Å². The van der Waals surface area contributed by atoms with E-state index >= 15 is 0 Å². The van der Waals surface area contributed by atoms with Crippen molar-refractivity contribution in [1.29, 1.82) is 0 Å². The predicted octanol–water partition coefficient (Wildman–Crippen LogP) is 2.93. The van der Waals surface area contributed by atoms with Crippen molar-refractivity contribution < 1.29 is 9.84 Å². The Balaban J connectivity index is 2.04. The lowest BCUT2D eigenvalue weighted by Gasteiger charge is -2.09. The quantitative estimate of drug-likeness (QED) is 0.830. The zero-order valence-corrected chi connectivity index (χ0v) is 9.91. The van der Waals surface area contributed by atoms with Crippen LogP contribution in [-0.4, -0.2) is 5.11 Å². The van der Waals surface area contributed by atoms with Gasteiger partial charge in [-0.15, -0.1) is 6.42 Å². The molecule has 2 nitrogen and oxygen atoms in total. The number of aliphatic hydroxyl groups is 1. The second kappa shape index (κ2) is 5.90. The lowest BCUT2D eigenvalue weighted by Crippen LogP contribution is -1.97. The molecule has 0 heterocycles. The van der Waals surface area contributed by atoms with Gasteiger partial charge in [0.2, 0.25) is 0 Å². The van der Waals surface area contributed by atoms with E-state index in [9.17, 15) is 5.11 Å². The molecule has 0 aliphatic heterocycles. The van der Waals surface area contributed by atoms with Gasteiger partial charge in [0.1, 0.15) is 18.5 Å². The van der Waals surface area contributed by atoms with E-state index in [1.807, 2.05) is 42.5 Å². The Morgan fingerprint density at radius 3 is 2.61 bits per heavy atom. The van der Waals surface area contributed by atoms with E-state index in [-0.39, 0.29) is 0 Å². The number of rotatable bonds is 4. The van der Waals surface area contributed by atoms with Gasteiger partial charge >= 0.3 is 0 Å². The standard InChI is InChI=1S/C16H14O2/c1-2-16(17)14-9-6-10-15(11-14)18-12-13-7-4-3-5-8-13/h1,3-11,16-17H,12H2. The molecule has 0 aromatic heterocycles. The molecule has 0 aliphatic carbocycles. The normalized spacial score (nSPS) is 11.6. The second-order valence-corrected chi connectivity index (χ2v) is 3.92. The van der Waals surface area contributed by atoms with Crippen LogP contribution < -0.4 is 4.74 Å². The molecule has 0 radical (unpaired) electrons. The van der Waals surface area contributed by atoms with Crippen LogP contribution in [0, 0.1) is 12.3 Å². The van der Waals surface area contributed by atoms with E-state index in [1.165, 1.54) is 0 Å². The molecule has 1 unspecified atom stereocenters. The van der Waals surface area contributed by atoms with Gasteiger partial charge < -0.3 is 9.84 Å². The second-order valence-electron chi connectivity index (χ2n) is 3.92. The van der Waals surface area contributed by atoms with Crippen molar-refractivity contribution in [2.75, 3.05) is 0 Å². The first-order chi connectivity index (χ1) is 8.79. The van der Waals surface area contributed by atoms with Crippen LogP contribution in [0.5, 0.6) is 5.75 Å². The summed E-state index contributed by atoms with van der Waals surface area (Å²) >= 11 is 0. The summed E-state index contributed by atoms with van der Waals surface area (Å²) in [5.41, 5.74) is 1.77. The molecular formula is C16H14O2. The lowest BCUT2D eigenvalue weighted by atomic mass is 10.1. The minimum absolute atomic E-state index is 0.496. The predicted molar refractivity (Wildman–Crippen MR) is 71.0 cm³/mol. The highest BCUT2D eigenvalue weighted by atomic mass is 16.5. The highest BCUT2D eigenvalue weighted by molar-refractivity contribution is 5.32. The van der Waals surface area contributed by atoms with Crippen LogP contribution >= 0.6 is 0 Å². The first kappa shape index (κ1) is 12.2. The number of hydrogen-bond donors (Lipinski definition) is 1. The van der Waals surface area contributed by atoms with E-state index in [0.717, 1.165) is 5.56 Å². The van der Waals surface area contributed by atoms with Gasteiger partial charge in [0.05, 0.1) is 0 Å². The third kappa shape index (κ3) is 3.13. The molecule has 0 saturated heterocycles. The highest BCUT2D eigenvalue weighted by Crippen LogP contribution is 2.19. The molecule has 1 atom stereocenters. The lowest BCUT2D eigenvalue weighted by molar-refractivity contribution is 0.237. The van der Waals surface area contributed by atoms with Gasteiger partial charge in [0.25, 0.3) is 0 Å². The molecule has 0 aliphatic rings. The van der Waals surface area contributed by atoms with Crippen LogP contribution in [0.4, 0.5) is 0 Å². The van der Waals surface area contributed by atoms with Crippen molar-refractivity contribution in [2.45, 2.75) is 12.7 Å². The number of benzene rings is 2. The van der Waals surface area contributed by atoms with Gasteiger partial charge in [0, 0.05) is 0 Å². The maximum Gasteiger partial charge on any atom is 0.140 e. The molecule has 0 bridgehead atoms. The maximum absolute atomic E-state index is 9.55. The van der Waals surface area contributed by atoms with Crippen LogP contribution in [0.15, 0.2) is 54.6 Å². The summed E-state index contributed by atoms with van der Waals surface area (Å²) in [5.74, 6) is 2.98. The molecule has 0 saturated carbocycles. The summed E-state index contributed by atoms with van der Waals surface area (Å²) in [6.07, 6.45) is 4.29. The summed E-state index contributed by atoms with van der Waals surface area (Å²) in [4.78, 5) is 0. The fourth-order valence-corrected chi connectivity index (χ4v) is 1.61. The summed E-state index contributed by atoms with van der Waals surface area (Å²) < 4.78 is 5.65. The Labute approximate surface area is 107 Å². The van der Waals surface area contributed by atoms with E-state index in [4.69, 9.17) is 11.2 Å². The molecule has 2 aromatic carbocycles. The largest absolute Gasteiger partial charge is 0.489 e. The third-order valence-electron chi connectivity index (χ3n) is 2.58. The van der Waals surface area contributed by atoms with Crippen LogP contribution in [-0.2, 0) is 6.61 Å². The van der Waals surface area contributed by atoms with Gasteiger partial charge in [-0.05, 0) is 23.3 Å². The van der Waals surface area contributed by atoms with Gasteiger partial charge in [-0.25, -0.2) is 0 Å². The summed E-state index contributed by atoms with van der Waals surface area (Å²) in [7, 11) is 0. The molecule has 2 rings (SSSR count). The molecule has 0 spiro atoms. The molecule has 18 heavy (non-hydrogen) atoms. The zero-order valence-electron chi connectivity index (χ0n) is 9.91. The van der Waals surface area contributed by atoms with Crippen molar-refractivity contribution >= 4 is 0 Å². The number of hydrogen-bond acceptors (Lipinski definition) is 2. The van der Waals surface area contributed by atoms with Crippen LogP contribution in [0.25, 0.3) is 0 Å². The van der Waals surface area contributed by atoms with E-state index in [0.29, 0.717) is 17.9 Å². The Morgan fingerprint density at radius 1 is 1.11 bits per heavy atom. The number of terminal acetylenes is 1. The molecule has 0 amide bonds. The zero-order chi connectivity index (χ0) is 12.8. The van der Waals surface area contributed by atoms with Gasteiger partial charge in [-0.2, -0.15) is 0 Å². The minimum atomic E-state index is -0.884. The van der Waals surface area contributed by atoms with Crippen LogP contribution in [0.1, 0.15) is 17.2 Å². The van der Waals surface area contributed by atoms with Crippen molar-refractivity contribution in [1.82, 2.24) is 0 Å². The van der Waals surface area contributed by atoms with E-state index in [2.05, 4.69) is 5.92 Å². The number of ether oxygens (including phenoxy) is 1. The smallest absolute Gasteiger partial charge is 0.140 e. The summed E-state index contributed by atoms with van der Waals surface area (Å²) in [6, 6.07) is 17.1. The van der Waals surface area contributed by atoms with Gasteiger partial charge in [-0.1, -0.05) is 48.4 Å². The summed E-state index contributed by atoms with van der Waals surface area (Å²) in [6.45, 7) is 0.496. The Morgan fingerprint density at radius 2 is 1.89 bits per heavy atom. The monoisotopic (exact) mass is 238 g/mol. The molecule has 2 heteroatoms. The van der Waals surface area contributed by atoms with Crippen molar-refractivity contribution in [3.63, 3.8) is 0 Å². The number of aliphatic hydroxyl groups excluding tert-OH is 1. The van der Waals surface area contributed by atoms with Crippen LogP contribution in [0.3, 0.4) is 0 Å². The van der Waals surface area contributed by atoms with Crippen molar-refractivity contribution in [2.24, 2.45) is 0 Å². The van der Waals surface area contributed by atoms with Crippen LogP contribution in [0.2, 0.25) is 0 Å². The van der Waals surface area contributed by atoms with Crippen molar-refractivity contribution in [3.8, 4) is 18.1 Å². The maximum atomic E-state index is 9.55. The molecular weight excluding hydrogens is 224 g/mol. The molecule has 1 N–H and O–H groups in total. The summed E-state index contributed by atoms with van der Waals surface area (Å²) in [5, 5.41) is 9.55. The topological polar surface area (TPSA) is 29.5 Å². The third-order valence-corrected chi connectivity index (χ3v) is 2.58. The Bertz CT molecular complexity index is 541. The average Bonchev–Trinajstić information content (AvgIpc) is 2.45. The van der Waals surface area contributed by atoms with Crippen molar-refractivity contribution in [3.05, 3.63) is 65.7 Å². The molecule has 0 fully saturated rings. The first-order valence-corrected chi connectivity index (χ1v) is 5.70. The fourth-order valence-electron chi connectivity index (χ4n) is 1.61. The highest BCUT2D eigenvalue weighted by Gasteiger charge is 2.04. The SMILES string of the molecule is C#CC(O)c1cccc(OCc2ccccc2)c1. The first-order valence-electron chi connectivity index (χ1n) is 5.70. The van der Waals surface area contributed by atoms with E-state index in [1.54, 1.807) is 12.1 Å². The molecule has 2 aromatic rings. The van der Waals surface area contributed by atoms with E-state index < -0.39 is 6.10 Å². The average molecular weight is 238 g/mol. The molecule has 90 valence electrons.